The minimum atomic E-state index is -0.408. The SMILES string of the molecule is COc1ccc2c(c1)OC(C)(C)C[C@@H]2NC(=O)c1ccc(OC)c(Cl)c1. The van der Waals surface area contributed by atoms with Gasteiger partial charge >= 0.3 is 0 Å². The largest absolute Gasteiger partial charge is 0.497 e. The van der Waals surface area contributed by atoms with Crippen LogP contribution in [-0.4, -0.2) is 25.7 Å². The first kappa shape index (κ1) is 18.4. The highest BCUT2D eigenvalue weighted by Gasteiger charge is 2.35. The Morgan fingerprint density at radius 1 is 1.19 bits per heavy atom. The van der Waals surface area contributed by atoms with E-state index in [0.29, 0.717) is 28.5 Å². The molecule has 1 aliphatic rings. The monoisotopic (exact) mass is 375 g/mol. The summed E-state index contributed by atoms with van der Waals surface area (Å²) in [5.41, 5.74) is 1.00. The van der Waals surface area contributed by atoms with Gasteiger partial charge in [0.05, 0.1) is 25.3 Å². The highest BCUT2D eigenvalue weighted by atomic mass is 35.5. The van der Waals surface area contributed by atoms with Crippen LogP contribution in [0, 0.1) is 0 Å². The zero-order valence-corrected chi connectivity index (χ0v) is 16.0. The minimum absolute atomic E-state index is 0.173. The molecule has 6 heteroatoms. The van der Waals surface area contributed by atoms with E-state index in [4.69, 9.17) is 25.8 Å². The zero-order chi connectivity index (χ0) is 18.9. The molecule has 0 unspecified atom stereocenters. The van der Waals surface area contributed by atoms with Crippen LogP contribution >= 0.6 is 11.6 Å². The van der Waals surface area contributed by atoms with E-state index in [9.17, 15) is 4.79 Å². The van der Waals surface area contributed by atoms with Gasteiger partial charge in [-0.3, -0.25) is 4.79 Å². The summed E-state index contributed by atoms with van der Waals surface area (Å²) in [5, 5.41) is 3.49. The predicted molar refractivity (Wildman–Crippen MR) is 101 cm³/mol. The molecule has 1 atom stereocenters. The topological polar surface area (TPSA) is 56.8 Å². The summed E-state index contributed by atoms with van der Waals surface area (Å²) >= 11 is 6.14. The fourth-order valence-electron chi connectivity index (χ4n) is 3.14. The van der Waals surface area contributed by atoms with Crippen molar-refractivity contribution in [2.45, 2.75) is 31.9 Å². The lowest BCUT2D eigenvalue weighted by atomic mass is 9.89. The lowest BCUT2D eigenvalue weighted by Gasteiger charge is -2.38. The fraction of sp³-hybridized carbons (Fsp3) is 0.350. The molecule has 0 aliphatic carbocycles. The van der Waals surface area contributed by atoms with Crippen molar-refractivity contribution >= 4 is 17.5 Å². The third kappa shape index (κ3) is 3.73. The standard InChI is InChI=1S/C20H22ClNO4/c1-20(2)11-16(14-7-6-13(24-3)10-18(14)26-20)22-19(23)12-5-8-17(25-4)15(21)9-12/h5-10,16H,11H2,1-4H3,(H,22,23)/t16-/m0/s1. The van der Waals surface area contributed by atoms with Crippen LogP contribution in [0.4, 0.5) is 0 Å². The third-order valence-electron chi connectivity index (χ3n) is 4.40. The Hall–Kier alpha value is -2.40. The summed E-state index contributed by atoms with van der Waals surface area (Å²) in [4.78, 5) is 12.7. The second-order valence-electron chi connectivity index (χ2n) is 6.85. The Balaban J connectivity index is 1.87. The molecule has 1 N–H and O–H groups in total. The van der Waals surface area contributed by atoms with Crippen molar-refractivity contribution in [1.29, 1.82) is 0 Å². The molecule has 138 valence electrons. The highest BCUT2D eigenvalue weighted by molar-refractivity contribution is 6.32. The minimum Gasteiger partial charge on any atom is -0.497 e. The van der Waals surface area contributed by atoms with Crippen LogP contribution in [0.2, 0.25) is 5.02 Å². The number of nitrogens with one attached hydrogen (secondary N) is 1. The van der Waals surface area contributed by atoms with Crippen LogP contribution in [0.25, 0.3) is 0 Å². The average Bonchev–Trinajstić information content (AvgIpc) is 2.60. The molecule has 26 heavy (non-hydrogen) atoms. The fourth-order valence-corrected chi connectivity index (χ4v) is 3.39. The molecule has 0 bridgehead atoms. The molecule has 0 aromatic heterocycles. The van der Waals surface area contributed by atoms with E-state index < -0.39 is 5.60 Å². The second kappa shape index (κ2) is 7.08. The molecular formula is C20H22ClNO4. The Kier molecular flexibility index (Phi) is 5.01. The quantitative estimate of drug-likeness (QED) is 0.861. The third-order valence-corrected chi connectivity index (χ3v) is 4.69. The summed E-state index contributed by atoms with van der Waals surface area (Å²) < 4.78 is 16.5. The summed E-state index contributed by atoms with van der Waals surface area (Å²) in [7, 11) is 3.15. The first-order valence-electron chi connectivity index (χ1n) is 8.34. The number of methoxy groups -OCH3 is 2. The van der Waals surface area contributed by atoms with Gasteiger partial charge in [0, 0.05) is 23.6 Å². The van der Waals surface area contributed by atoms with E-state index >= 15 is 0 Å². The van der Waals surface area contributed by atoms with Crippen LogP contribution in [0.1, 0.15) is 42.2 Å². The van der Waals surface area contributed by atoms with Gasteiger partial charge in [-0.1, -0.05) is 11.6 Å². The highest BCUT2D eigenvalue weighted by Crippen LogP contribution is 2.41. The van der Waals surface area contributed by atoms with Gasteiger partial charge in [-0.05, 0) is 44.2 Å². The van der Waals surface area contributed by atoms with Gasteiger partial charge in [-0.15, -0.1) is 0 Å². The molecule has 2 aromatic rings. The molecule has 1 aliphatic heterocycles. The molecule has 0 saturated carbocycles. The van der Waals surface area contributed by atoms with E-state index in [-0.39, 0.29) is 11.9 Å². The number of rotatable bonds is 4. The summed E-state index contributed by atoms with van der Waals surface area (Å²) in [6, 6.07) is 10.4. The maximum absolute atomic E-state index is 12.7. The molecule has 1 heterocycles. The van der Waals surface area contributed by atoms with Gasteiger partial charge in [0.25, 0.3) is 5.91 Å². The maximum atomic E-state index is 12.7. The molecule has 0 saturated heterocycles. The lowest BCUT2D eigenvalue weighted by molar-refractivity contribution is 0.0617. The Morgan fingerprint density at radius 2 is 1.96 bits per heavy atom. The van der Waals surface area contributed by atoms with Gasteiger partial charge in [0.2, 0.25) is 0 Å². The van der Waals surface area contributed by atoms with Crippen molar-refractivity contribution in [2.75, 3.05) is 14.2 Å². The molecule has 2 aromatic carbocycles. The summed E-state index contributed by atoms with van der Waals surface area (Å²) in [6.45, 7) is 4.00. The number of benzene rings is 2. The van der Waals surface area contributed by atoms with Crippen molar-refractivity contribution in [3.8, 4) is 17.2 Å². The number of hydrogen-bond donors (Lipinski definition) is 1. The molecule has 0 fully saturated rings. The Labute approximate surface area is 158 Å². The lowest BCUT2D eigenvalue weighted by Crippen LogP contribution is -2.41. The molecule has 0 spiro atoms. The number of halogens is 1. The van der Waals surface area contributed by atoms with Crippen molar-refractivity contribution in [3.63, 3.8) is 0 Å². The zero-order valence-electron chi connectivity index (χ0n) is 15.3. The van der Waals surface area contributed by atoms with Gasteiger partial charge in [-0.25, -0.2) is 0 Å². The second-order valence-corrected chi connectivity index (χ2v) is 7.25. The van der Waals surface area contributed by atoms with E-state index in [2.05, 4.69) is 5.32 Å². The summed E-state index contributed by atoms with van der Waals surface area (Å²) in [5.74, 6) is 1.78. The Bertz CT molecular complexity index is 835. The van der Waals surface area contributed by atoms with Gasteiger partial charge < -0.3 is 19.5 Å². The first-order chi connectivity index (χ1) is 12.3. The smallest absolute Gasteiger partial charge is 0.251 e. The van der Waals surface area contributed by atoms with Gasteiger partial charge in [0.1, 0.15) is 22.8 Å². The normalized spacial score (nSPS) is 17.7. The van der Waals surface area contributed by atoms with Crippen LogP contribution in [0.5, 0.6) is 17.2 Å². The summed E-state index contributed by atoms with van der Waals surface area (Å²) in [6.07, 6.45) is 0.655. The van der Waals surface area contributed by atoms with Gasteiger partial charge in [-0.2, -0.15) is 0 Å². The number of ether oxygens (including phenoxy) is 3. The number of amides is 1. The average molecular weight is 376 g/mol. The van der Waals surface area contributed by atoms with Crippen molar-refractivity contribution in [3.05, 3.63) is 52.5 Å². The number of carbonyl (C=O) groups is 1. The first-order valence-corrected chi connectivity index (χ1v) is 8.72. The number of carbonyl (C=O) groups excluding carboxylic acids is 1. The van der Waals surface area contributed by atoms with E-state index in [0.717, 1.165) is 11.3 Å². The Morgan fingerprint density at radius 3 is 2.62 bits per heavy atom. The van der Waals surface area contributed by atoms with Crippen LogP contribution in [0.3, 0.4) is 0 Å². The van der Waals surface area contributed by atoms with E-state index in [1.165, 1.54) is 7.11 Å². The predicted octanol–water partition coefficient (Wildman–Crippen LogP) is 4.39. The van der Waals surface area contributed by atoms with Crippen molar-refractivity contribution < 1.29 is 19.0 Å². The van der Waals surface area contributed by atoms with E-state index in [1.807, 2.05) is 32.0 Å². The van der Waals surface area contributed by atoms with Crippen molar-refractivity contribution in [1.82, 2.24) is 5.32 Å². The number of hydrogen-bond acceptors (Lipinski definition) is 4. The molecule has 1 amide bonds. The van der Waals surface area contributed by atoms with Crippen LogP contribution < -0.4 is 19.5 Å². The number of fused-ring (bicyclic) bond motifs is 1. The van der Waals surface area contributed by atoms with Crippen molar-refractivity contribution in [2.24, 2.45) is 0 Å². The molecule has 3 rings (SSSR count). The van der Waals surface area contributed by atoms with Crippen LogP contribution in [-0.2, 0) is 0 Å². The molecule has 5 nitrogen and oxygen atoms in total. The van der Waals surface area contributed by atoms with Gasteiger partial charge in [0.15, 0.2) is 0 Å². The molecule has 0 radical (unpaired) electrons. The van der Waals surface area contributed by atoms with E-state index in [1.54, 1.807) is 25.3 Å². The molecular weight excluding hydrogens is 354 g/mol. The maximum Gasteiger partial charge on any atom is 0.251 e. The van der Waals surface area contributed by atoms with Crippen LogP contribution in [0.15, 0.2) is 36.4 Å².